The minimum absolute atomic E-state index is 0.0688. The summed E-state index contributed by atoms with van der Waals surface area (Å²) in [5, 5.41) is 2.83. The molecule has 1 N–H and O–H groups in total. The lowest BCUT2D eigenvalue weighted by atomic mass is 10.4. The molecule has 15 heavy (non-hydrogen) atoms. The van der Waals surface area contributed by atoms with E-state index in [0.717, 1.165) is 11.5 Å². The number of carbonyl (C=O) groups is 1. The Hall–Kier alpha value is -1.00. The third kappa shape index (κ3) is 3.93. The third-order valence-electron chi connectivity index (χ3n) is 2.04. The highest BCUT2D eigenvalue weighted by atomic mass is 32.2. The van der Waals surface area contributed by atoms with Crippen molar-refractivity contribution in [2.75, 3.05) is 18.9 Å². The highest BCUT2D eigenvalue weighted by Crippen LogP contribution is 2.16. The first kappa shape index (κ1) is 10.5. The van der Waals surface area contributed by atoms with E-state index < -0.39 is 0 Å². The minimum atomic E-state index is 0.0688. The maximum Gasteiger partial charge on any atom is 0.230 e. The van der Waals surface area contributed by atoms with E-state index in [1.807, 2.05) is 30.3 Å². The Labute approximate surface area is 93.2 Å². The molecule has 1 aromatic rings. The average Bonchev–Trinajstić information content (AvgIpc) is 3.09. The fraction of sp³-hybridized carbons (Fsp3) is 0.364. The molecule has 1 saturated heterocycles. The Kier molecular flexibility index (Phi) is 3.64. The second kappa shape index (κ2) is 5.19. The number of carbonyl (C=O) groups excluding carboxylic acids is 1. The molecule has 0 spiro atoms. The quantitative estimate of drug-likeness (QED) is 0.604. The van der Waals surface area contributed by atoms with Gasteiger partial charge in [0.25, 0.3) is 0 Å². The standard InChI is InChI=1S/C11H13NO2S/c13-11(12-6-9-7-14-9)8-15-10-4-2-1-3-5-10/h1-5,9H,6-8H2,(H,12,13)/t9-/m1/s1. The minimum Gasteiger partial charge on any atom is -0.371 e. The van der Waals surface area contributed by atoms with Crippen LogP contribution in [0.3, 0.4) is 0 Å². The lowest BCUT2D eigenvalue weighted by molar-refractivity contribution is -0.118. The molecule has 0 radical (unpaired) electrons. The summed E-state index contributed by atoms with van der Waals surface area (Å²) >= 11 is 1.55. The van der Waals surface area contributed by atoms with Gasteiger partial charge in [-0.2, -0.15) is 0 Å². The van der Waals surface area contributed by atoms with Gasteiger partial charge < -0.3 is 10.1 Å². The van der Waals surface area contributed by atoms with Crippen LogP contribution in [-0.2, 0) is 9.53 Å². The second-order valence-electron chi connectivity index (χ2n) is 3.36. The molecule has 1 aliphatic heterocycles. The van der Waals surface area contributed by atoms with Gasteiger partial charge in [0.05, 0.1) is 18.5 Å². The van der Waals surface area contributed by atoms with E-state index in [0.29, 0.717) is 12.3 Å². The molecule has 80 valence electrons. The van der Waals surface area contributed by atoms with Crippen LogP contribution in [0.25, 0.3) is 0 Å². The molecule has 1 aliphatic rings. The third-order valence-corrected chi connectivity index (χ3v) is 3.05. The van der Waals surface area contributed by atoms with Gasteiger partial charge in [0.1, 0.15) is 0 Å². The van der Waals surface area contributed by atoms with Crippen LogP contribution in [0.2, 0.25) is 0 Å². The monoisotopic (exact) mass is 223 g/mol. The van der Waals surface area contributed by atoms with Crippen LogP contribution >= 0.6 is 11.8 Å². The normalized spacial score (nSPS) is 18.5. The SMILES string of the molecule is O=C(CSc1ccccc1)NC[C@@H]1CO1. The fourth-order valence-corrected chi connectivity index (χ4v) is 1.88. The second-order valence-corrected chi connectivity index (χ2v) is 4.41. The summed E-state index contributed by atoms with van der Waals surface area (Å²) in [6.45, 7) is 1.43. The van der Waals surface area contributed by atoms with Crippen molar-refractivity contribution < 1.29 is 9.53 Å². The van der Waals surface area contributed by atoms with E-state index in [2.05, 4.69) is 5.32 Å². The number of hydrogen-bond acceptors (Lipinski definition) is 3. The average molecular weight is 223 g/mol. The molecule has 1 atom stereocenters. The summed E-state index contributed by atoms with van der Waals surface area (Å²) in [6, 6.07) is 9.91. The van der Waals surface area contributed by atoms with Crippen molar-refractivity contribution in [2.24, 2.45) is 0 Å². The number of amides is 1. The predicted molar refractivity (Wildman–Crippen MR) is 59.9 cm³/mol. The molecular weight excluding hydrogens is 210 g/mol. The van der Waals surface area contributed by atoms with Gasteiger partial charge in [-0.15, -0.1) is 11.8 Å². The predicted octanol–water partition coefficient (Wildman–Crippen LogP) is 1.29. The number of ether oxygens (including phenoxy) is 1. The summed E-state index contributed by atoms with van der Waals surface area (Å²) < 4.78 is 5.00. The largest absolute Gasteiger partial charge is 0.371 e. The Bertz CT molecular complexity index is 325. The number of hydrogen-bond donors (Lipinski definition) is 1. The Morgan fingerprint density at radius 2 is 2.20 bits per heavy atom. The molecule has 0 aromatic heterocycles. The summed E-state index contributed by atoms with van der Waals surface area (Å²) in [7, 11) is 0. The van der Waals surface area contributed by atoms with Gasteiger partial charge in [-0.25, -0.2) is 0 Å². The molecule has 0 saturated carbocycles. The first-order valence-electron chi connectivity index (χ1n) is 4.91. The van der Waals surface area contributed by atoms with Crippen molar-refractivity contribution in [1.29, 1.82) is 0 Å². The summed E-state index contributed by atoms with van der Waals surface area (Å²) in [6.07, 6.45) is 0.260. The maximum absolute atomic E-state index is 11.4. The van der Waals surface area contributed by atoms with Gasteiger partial charge in [-0.1, -0.05) is 18.2 Å². The van der Waals surface area contributed by atoms with Crippen LogP contribution in [0.4, 0.5) is 0 Å². The van der Waals surface area contributed by atoms with Crippen molar-refractivity contribution in [2.45, 2.75) is 11.0 Å². The molecule has 4 heteroatoms. The molecule has 1 fully saturated rings. The van der Waals surface area contributed by atoms with Gasteiger partial charge in [-0.05, 0) is 12.1 Å². The van der Waals surface area contributed by atoms with Gasteiger partial charge >= 0.3 is 0 Å². The van der Waals surface area contributed by atoms with E-state index in [4.69, 9.17) is 4.74 Å². The van der Waals surface area contributed by atoms with Crippen molar-refractivity contribution in [3.8, 4) is 0 Å². The van der Waals surface area contributed by atoms with E-state index >= 15 is 0 Å². The number of thioether (sulfide) groups is 1. The van der Waals surface area contributed by atoms with E-state index in [9.17, 15) is 4.79 Å². The first-order chi connectivity index (χ1) is 7.34. The molecular formula is C11H13NO2S. The van der Waals surface area contributed by atoms with Crippen molar-refractivity contribution in [1.82, 2.24) is 5.32 Å². The van der Waals surface area contributed by atoms with Crippen LogP contribution in [-0.4, -0.2) is 30.9 Å². The smallest absolute Gasteiger partial charge is 0.230 e. The molecule has 1 heterocycles. The number of benzene rings is 1. The number of rotatable bonds is 5. The van der Waals surface area contributed by atoms with E-state index in [1.165, 1.54) is 0 Å². The van der Waals surface area contributed by atoms with Crippen LogP contribution in [0.5, 0.6) is 0 Å². The van der Waals surface area contributed by atoms with Crippen LogP contribution in [0, 0.1) is 0 Å². The maximum atomic E-state index is 11.4. The molecule has 0 bridgehead atoms. The Balaban J connectivity index is 1.66. The Morgan fingerprint density at radius 3 is 2.87 bits per heavy atom. The van der Waals surface area contributed by atoms with E-state index in [1.54, 1.807) is 11.8 Å². The molecule has 0 unspecified atom stereocenters. The zero-order chi connectivity index (χ0) is 10.5. The summed E-state index contributed by atoms with van der Waals surface area (Å²) in [5.74, 6) is 0.538. The van der Waals surface area contributed by atoms with Gasteiger partial charge in [0, 0.05) is 11.4 Å². The van der Waals surface area contributed by atoms with Crippen LogP contribution in [0.15, 0.2) is 35.2 Å². The molecule has 0 aliphatic carbocycles. The molecule has 1 aromatic carbocycles. The molecule has 2 rings (SSSR count). The van der Waals surface area contributed by atoms with Crippen LogP contribution < -0.4 is 5.32 Å². The van der Waals surface area contributed by atoms with Crippen LogP contribution in [0.1, 0.15) is 0 Å². The van der Waals surface area contributed by atoms with E-state index in [-0.39, 0.29) is 12.0 Å². The van der Waals surface area contributed by atoms with Crippen molar-refractivity contribution in [3.63, 3.8) is 0 Å². The summed E-state index contributed by atoms with van der Waals surface area (Å²) in [5.41, 5.74) is 0. The zero-order valence-electron chi connectivity index (χ0n) is 8.31. The lowest BCUT2D eigenvalue weighted by Gasteiger charge is -2.02. The van der Waals surface area contributed by atoms with Gasteiger partial charge in [0.15, 0.2) is 0 Å². The topological polar surface area (TPSA) is 41.6 Å². The molecule has 1 amide bonds. The summed E-state index contributed by atoms with van der Waals surface area (Å²) in [4.78, 5) is 12.5. The fourth-order valence-electron chi connectivity index (χ4n) is 1.13. The Morgan fingerprint density at radius 1 is 1.47 bits per heavy atom. The highest BCUT2D eigenvalue weighted by molar-refractivity contribution is 8.00. The first-order valence-corrected chi connectivity index (χ1v) is 5.89. The zero-order valence-corrected chi connectivity index (χ0v) is 9.13. The number of nitrogens with one attached hydrogen (secondary N) is 1. The van der Waals surface area contributed by atoms with Gasteiger partial charge in [-0.3, -0.25) is 4.79 Å². The van der Waals surface area contributed by atoms with Crippen molar-refractivity contribution >= 4 is 17.7 Å². The lowest BCUT2D eigenvalue weighted by Crippen LogP contribution is -2.28. The highest BCUT2D eigenvalue weighted by Gasteiger charge is 2.22. The van der Waals surface area contributed by atoms with Crippen molar-refractivity contribution in [3.05, 3.63) is 30.3 Å². The molecule has 3 nitrogen and oxygen atoms in total. The number of epoxide rings is 1. The van der Waals surface area contributed by atoms with Gasteiger partial charge in [0.2, 0.25) is 5.91 Å².